The molecule has 1 aromatic rings. The van der Waals surface area contributed by atoms with E-state index in [4.69, 9.17) is 23.2 Å². The van der Waals surface area contributed by atoms with Gasteiger partial charge in [-0.2, -0.15) is 0 Å². The molecule has 0 N–H and O–H groups in total. The Bertz CT molecular complexity index is 168. The number of rotatable bonds is 2. The zero-order valence-electron chi connectivity index (χ0n) is 4.60. The van der Waals surface area contributed by atoms with Crippen LogP contribution in [0.25, 0.3) is 0 Å². The summed E-state index contributed by atoms with van der Waals surface area (Å²) in [6, 6.07) is 0. The third-order valence-electron chi connectivity index (χ3n) is 0.847. The second-order valence-electron chi connectivity index (χ2n) is 1.49. The Labute approximate surface area is 67.6 Å². The van der Waals surface area contributed by atoms with Crippen LogP contribution in [0.3, 0.4) is 0 Å². The molecule has 0 unspecified atom stereocenters. The first-order valence-electron chi connectivity index (χ1n) is 2.42. The number of hydrogen-bond donors (Lipinski definition) is 0. The average molecular weight is 182 g/mol. The Morgan fingerprint density at radius 1 is 1.44 bits per heavy atom. The van der Waals surface area contributed by atoms with E-state index in [1.165, 1.54) is 0 Å². The number of thiazole rings is 1. The Kier molecular flexibility index (Phi) is 2.76. The zero-order valence-corrected chi connectivity index (χ0v) is 6.93. The van der Waals surface area contributed by atoms with Gasteiger partial charge >= 0.3 is 0 Å². The maximum absolute atomic E-state index is 5.52. The van der Waals surface area contributed by atoms with Crippen LogP contribution in [0.15, 0.2) is 6.20 Å². The number of alkyl halides is 2. The lowest BCUT2D eigenvalue weighted by molar-refractivity contribution is 1.25. The van der Waals surface area contributed by atoms with Crippen molar-refractivity contribution in [2.45, 2.75) is 11.8 Å². The summed E-state index contributed by atoms with van der Waals surface area (Å²) in [5.41, 5.74) is 0. The summed E-state index contributed by atoms with van der Waals surface area (Å²) in [5, 5.41) is 0.937. The summed E-state index contributed by atoms with van der Waals surface area (Å²) in [5.74, 6) is 1.02. The molecule has 9 heavy (non-hydrogen) atoms. The fourth-order valence-corrected chi connectivity index (χ4v) is 1.56. The molecule has 0 amide bonds. The van der Waals surface area contributed by atoms with Gasteiger partial charge in [0, 0.05) is 11.1 Å². The van der Waals surface area contributed by atoms with E-state index in [9.17, 15) is 0 Å². The van der Waals surface area contributed by atoms with Crippen molar-refractivity contribution in [1.29, 1.82) is 0 Å². The SMILES string of the molecule is ClCc1cnc(CCl)s1. The third-order valence-corrected chi connectivity index (χ3v) is 2.70. The molecule has 0 radical (unpaired) electrons. The van der Waals surface area contributed by atoms with Gasteiger partial charge in [-0.05, 0) is 0 Å². The number of nitrogens with zero attached hydrogens (tertiary/aromatic N) is 1. The van der Waals surface area contributed by atoms with Crippen LogP contribution < -0.4 is 0 Å². The molecule has 0 bridgehead atoms. The van der Waals surface area contributed by atoms with Gasteiger partial charge < -0.3 is 0 Å². The quantitative estimate of drug-likeness (QED) is 0.640. The molecule has 0 fully saturated rings. The summed E-state index contributed by atoms with van der Waals surface area (Å²) in [4.78, 5) is 5.08. The molecule has 1 rings (SSSR count). The monoisotopic (exact) mass is 181 g/mol. The molecule has 1 aromatic heterocycles. The van der Waals surface area contributed by atoms with Gasteiger partial charge in [-0.25, -0.2) is 4.98 Å². The van der Waals surface area contributed by atoms with E-state index in [0.29, 0.717) is 11.8 Å². The van der Waals surface area contributed by atoms with Crippen molar-refractivity contribution < 1.29 is 0 Å². The van der Waals surface area contributed by atoms with Crippen LogP contribution in [-0.2, 0) is 11.8 Å². The van der Waals surface area contributed by atoms with Crippen molar-refractivity contribution in [1.82, 2.24) is 4.98 Å². The molecular weight excluding hydrogens is 177 g/mol. The average Bonchev–Trinajstić information content (AvgIpc) is 2.34. The molecule has 0 saturated heterocycles. The highest BCUT2D eigenvalue weighted by atomic mass is 35.5. The zero-order chi connectivity index (χ0) is 6.69. The maximum Gasteiger partial charge on any atom is 0.108 e. The minimum Gasteiger partial charge on any atom is -0.248 e. The van der Waals surface area contributed by atoms with Gasteiger partial charge in [0.05, 0.1) is 11.8 Å². The highest BCUT2D eigenvalue weighted by molar-refractivity contribution is 7.12. The Morgan fingerprint density at radius 3 is 2.56 bits per heavy atom. The summed E-state index contributed by atoms with van der Waals surface area (Å²) < 4.78 is 0. The first-order valence-corrected chi connectivity index (χ1v) is 4.31. The lowest BCUT2D eigenvalue weighted by atomic mass is 10.6. The van der Waals surface area contributed by atoms with Gasteiger partial charge in [0.1, 0.15) is 5.01 Å². The molecule has 0 spiro atoms. The van der Waals surface area contributed by atoms with Gasteiger partial charge in [-0.1, -0.05) is 0 Å². The lowest BCUT2D eigenvalue weighted by Gasteiger charge is -1.79. The Morgan fingerprint density at radius 2 is 2.22 bits per heavy atom. The first-order chi connectivity index (χ1) is 4.36. The van der Waals surface area contributed by atoms with E-state index in [1.54, 1.807) is 17.5 Å². The van der Waals surface area contributed by atoms with Gasteiger partial charge in [0.25, 0.3) is 0 Å². The molecule has 1 nitrogen and oxygen atoms in total. The Hall–Kier alpha value is 0.210. The second-order valence-corrected chi connectivity index (χ2v) is 3.22. The minimum atomic E-state index is 0.488. The molecule has 0 saturated carbocycles. The summed E-state index contributed by atoms with van der Waals surface area (Å²) >= 11 is 12.6. The fourth-order valence-electron chi connectivity index (χ4n) is 0.472. The van der Waals surface area contributed by atoms with Crippen LogP contribution in [0.5, 0.6) is 0 Å². The molecule has 0 aliphatic heterocycles. The number of halogens is 2. The van der Waals surface area contributed by atoms with Crippen molar-refractivity contribution in [2.75, 3.05) is 0 Å². The molecule has 0 aromatic carbocycles. The van der Waals surface area contributed by atoms with E-state index >= 15 is 0 Å². The lowest BCUT2D eigenvalue weighted by Crippen LogP contribution is -1.67. The molecular formula is C5H5Cl2NS. The van der Waals surface area contributed by atoms with Crippen molar-refractivity contribution in [3.63, 3.8) is 0 Å². The molecule has 0 aliphatic carbocycles. The smallest absolute Gasteiger partial charge is 0.108 e. The molecule has 50 valence electrons. The topological polar surface area (TPSA) is 12.9 Å². The number of hydrogen-bond acceptors (Lipinski definition) is 2. The first kappa shape index (κ1) is 7.32. The van der Waals surface area contributed by atoms with Gasteiger partial charge in [0.2, 0.25) is 0 Å². The summed E-state index contributed by atoms with van der Waals surface area (Å²) in [6.07, 6.45) is 1.76. The summed E-state index contributed by atoms with van der Waals surface area (Å²) in [7, 11) is 0. The Balaban J connectivity index is 2.74. The van der Waals surface area contributed by atoms with Gasteiger partial charge in [0.15, 0.2) is 0 Å². The van der Waals surface area contributed by atoms with Crippen LogP contribution in [0.4, 0.5) is 0 Å². The fraction of sp³-hybridized carbons (Fsp3) is 0.400. The maximum atomic E-state index is 5.52. The third kappa shape index (κ3) is 1.81. The highest BCUT2D eigenvalue weighted by Gasteiger charge is 1.97. The van der Waals surface area contributed by atoms with Crippen LogP contribution in [0, 0.1) is 0 Å². The molecule has 1 heterocycles. The van der Waals surface area contributed by atoms with Crippen LogP contribution in [0.1, 0.15) is 9.88 Å². The van der Waals surface area contributed by atoms with Crippen LogP contribution in [-0.4, -0.2) is 4.98 Å². The molecule has 4 heteroatoms. The molecule has 0 atom stereocenters. The van der Waals surface area contributed by atoms with Gasteiger partial charge in [-0.3, -0.25) is 0 Å². The predicted octanol–water partition coefficient (Wildman–Crippen LogP) is 2.62. The van der Waals surface area contributed by atoms with E-state index < -0.39 is 0 Å². The largest absolute Gasteiger partial charge is 0.248 e. The van der Waals surface area contributed by atoms with Crippen molar-refractivity contribution in [2.24, 2.45) is 0 Å². The highest BCUT2D eigenvalue weighted by Crippen LogP contribution is 2.15. The van der Waals surface area contributed by atoms with E-state index in [2.05, 4.69) is 4.98 Å². The second kappa shape index (κ2) is 3.40. The van der Waals surface area contributed by atoms with Crippen molar-refractivity contribution >= 4 is 34.5 Å². The normalized spacial score (nSPS) is 10.0. The van der Waals surface area contributed by atoms with Crippen LogP contribution >= 0.6 is 34.5 Å². The van der Waals surface area contributed by atoms with Crippen molar-refractivity contribution in [3.8, 4) is 0 Å². The van der Waals surface area contributed by atoms with Crippen LogP contribution in [0.2, 0.25) is 0 Å². The van der Waals surface area contributed by atoms with E-state index in [-0.39, 0.29) is 0 Å². The predicted molar refractivity (Wildman–Crippen MR) is 41.2 cm³/mol. The van der Waals surface area contributed by atoms with E-state index in [0.717, 1.165) is 9.88 Å². The van der Waals surface area contributed by atoms with Gasteiger partial charge in [-0.15, -0.1) is 34.5 Å². The standard InChI is InChI=1S/C5H5Cl2NS/c6-1-4-3-8-5(2-7)9-4/h3H,1-2H2. The minimum absolute atomic E-state index is 0.488. The summed E-state index contributed by atoms with van der Waals surface area (Å²) in [6.45, 7) is 0. The van der Waals surface area contributed by atoms with E-state index in [1.807, 2.05) is 0 Å². The molecule has 0 aliphatic rings. The van der Waals surface area contributed by atoms with Crippen molar-refractivity contribution in [3.05, 3.63) is 16.1 Å². The number of aromatic nitrogens is 1.